The summed E-state index contributed by atoms with van der Waals surface area (Å²) in [5, 5.41) is 7.93. The molecule has 5 nitrogen and oxygen atoms in total. The maximum absolute atomic E-state index is 12.3. The molecule has 1 amide bonds. The molecule has 0 saturated heterocycles. The summed E-state index contributed by atoms with van der Waals surface area (Å²) in [6, 6.07) is 5.82. The third-order valence-electron chi connectivity index (χ3n) is 3.84. The molecule has 1 aromatic heterocycles. The topological polar surface area (TPSA) is 72.9 Å². The molecule has 1 aliphatic rings. The first-order chi connectivity index (χ1) is 10.6. The Morgan fingerprint density at radius 1 is 1.50 bits per heavy atom. The first-order valence-corrected chi connectivity index (χ1v) is 7.82. The first kappa shape index (κ1) is 15.1. The molecule has 1 saturated carbocycles. The number of halogens is 1. The van der Waals surface area contributed by atoms with Crippen LogP contribution in [-0.4, -0.2) is 28.8 Å². The Morgan fingerprint density at radius 2 is 2.27 bits per heavy atom. The number of benzene rings is 1. The zero-order chi connectivity index (χ0) is 15.7. The number of hydrogen-bond donors (Lipinski definition) is 2. The van der Waals surface area contributed by atoms with Crippen LogP contribution in [0.25, 0.3) is 5.69 Å². The minimum absolute atomic E-state index is 0.114. The summed E-state index contributed by atoms with van der Waals surface area (Å²) in [5.41, 5.74) is 8.95. The second kappa shape index (κ2) is 6.10. The lowest BCUT2D eigenvalue weighted by molar-refractivity contribution is 0.0953. The van der Waals surface area contributed by atoms with E-state index in [2.05, 4.69) is 10.4 Å². The minimum Gasteiger partial charge on any atom is -0.351 e. The van der Waals surface area contributed by atoms with Gasteiger partial charge in [0.2, 0.25) is 0 Å². The molecule has 0 atom stereocenters. The number of aromatic nitrogens is 2. The van der Waals surface area contributed by atoms with E-state index in [4.69, 9.17) is 17.3 Å². The lowest BCUT2D eigenvalue weighted by Crippen LogP contribution is -2.29. The lowest BCUT2D eigenvalue weighted by Gasteiger charge is -2.10. The van der Waals surface area contributed by atoms with Crippen molar-refractivity contribution in [3.63, 3.8) is 0 Å². The van der Waals surface area contributed by atoms with E-state index in [1.54, 1.807) is 6.20 Å². The van der Waals surface area contributed by atoms with Gasteiger partial charge in [-0.1, -0.05) is 17.7 Å². The zero-order valence-corrected chi connectivity index (χ0v) is 13.2. The Bertz CT molecular complexity index is 706. The van der Waals surface area contributed by atoms with Gasteiger partial charge in [-0.3, -0.25) is 4.79 Å². The van der Waals surface area contributed by atoms with Gasteiger partial charge in [-0.25, -0.2) is 4.68 Å². The summed E-state index contributed by atoms with van der Waals surface area (Å²) in [6.45, 7) is 2.85. The van der Waals surface area contributed by atoms with E-state index in [-0.39, 0.29) is 5.91 Å². The summed E-state index contributed by atoms with van der Waals surface area (Å²) in [6.07, 6.45) is 3.80. The molecular formula is C16H19ClN4O. The van der Waals surface area contributed by atoms with E-state index in [0.29, 0.717) is 29.6 Å². The van der Waals surface area contributed by atoms with Crippen molar-refractivity contribution in [2.45, 2.75) is 25.7 Å². The number of hydrogen-bond acceptors (Lipinski definition) is 3. The Morgan fingerprint density at radius 3 is 2.91 bits per heavy atom. The van der Waals surface area contributed by atoms with E-state index in [1.807, 2.05) is 29.8 Å². The fourth-order valence-electron chi connectivity index (χ4n) is 2.48. The van der Waals surface area contributed by atoms with Crippen LogP contribution in [0.3, 0.4) is 0 Å². The average Bonchev–Trinajstić information content (AvgIpc) is 3.26. The van der Waals surface area contributed by atoms with Gasteiger partial charge in [0, 0.05) is 24.0 Å². The molecule has 1 heterocycles. The van der Waals surface area contributed by atoms with E-state index in [1.165, 1.54) is 0 Å². The highest BCUT2D eigenvalue weighted by molar-refractivity contribution is 6.31. The number of rotatable bonds is 5. The van der Waals surface area contributed by atoms with Crippen molar-refractivity contribution in [1.29, 1.82) is 0 Å². The molecule has 0 spiro atoms. The number of nitrogens with one attached hydrogen (secondary N) is 1. The molecule has 1 aromatic carbocycles. The molecular weight excluding hydrogens is 300 g/mol. The second-order valence-corrected chi connectivity index (χ2v) is 6.01. The Labute approximate surface area is 134 Å². The summed E-state index contributed by atoms with van der Waals surface area (Å²) in [4.78, 5) is 12.3. The van der Waals surface area contributed by atoms with Crippen LogP contribution in [0.15, 0.2) is 24.4 Å². The fraction of sp³-hybridized carbons (Fsp3) is 0.375. The molecule has 0 bridgehead atoms. The van der Waals surface area contributed by atoms with Crippen LogP contribution in [-0.2, 0) is 0 Å². The van der Waals surface area contributed by atoms with Gasteiger partial charge in [0.05, 0.1) is 23.1 Å². The van der Waals surface area contributed by atoms with Crippen molar-refractivity contribution in [3.8, 4) is 5.69 Å². The van der Waals surface area contributed by atoms with Gasteiger partial charge >= 0.3 is 0 Å². The maximum Gasteiger partial charge on any atom is 0.254 e. The highest BCUT2D eigenvalue weighted by Crippen LogP contribution is 2.42. The number of nitrogens with two attached hydrogens (primary N) is 1. The van der Waals surface area contributed by atoms with Gasteiger partial charge in [-0.2, -0.15) is 5.10 Å². The summed E-state index contributed by atoms with van der Waals surface area (Å²) < 4.78 is 1.83. The number of carbonyl (C=O) groups is 1. The third kappa shape index (κ3) is 2.87. The molecule has 1 aliphatic carbocycles. The lowest BCUT2D eigenvalue weighted by atomic mass is 10.1. The van der Waals surface area contributed by atoms with Gasteiger partial charge in [0.25, 0.3) is 5.91 Å². The van der Waals surface area contributed by atoms with Crippen LogP contribution in [0.5, 0.6) is 0 Å². The quantitative estimate of drug-likeness (QED) is 0.889. The number of aryl methyl sites for hydroxylation is 1. The van der Waals surface area contributed by atoms with E-state index in [0.717, 1.165) is 29.8 Å². The second-order valence-electron chi connectivity index (χ2n) is 5.61. The van der Waals surface area contributed by atoms with Gasteiger partial charge in [-0.05, 0) is 37.5 Å². The van der Waals surface area contributed by atoms with Crippen molar-refractivity contribution >= 4 is 17.5 Å². The highest BCUT2D eigenvalue weighted by atomic mass is 35.5. The van der Waals surface area contributed by atoms with Crippen LogP contribution in [0.2, 0.25) is 5.02 Å². The molecule has 0 aliphatic heterocycles. The standard InChI is InChI=1S/C16H19ClN4O/c1-10-2-5-12(8-14(10)17)21-15(11-3-4-11)13(9-20-21)16(22)19-7-6-18/h2,5,8-9,11H,3-4,6-7,18H2,1H3,(H,19,22). The Balaban J connectivity index is 1.99. The molecule has 1 fully saturated rings. The van der Waals surface area contributed by atoms with Crippen molar-refractivity contribution < 1.29 is 4.79 Å². The predicted octanol–water partition coefficient (Wildman–Crippen LogP) is 2.40. The Hall–Kier alpha value is -1.85. The minimum atomic E-state index is -0.114. The van der Waals surface area contributed by atoms with Crippen molar-refractivity contribution in [2.75, 3.05) is 13.1 Å². The van der Waals surface area contributed by atoms with Crippen LogP contribution in [0, 0.1) is 6.92 Å². The molecule has 0 unspecified atom stereocenters. The largest absolute Gasteiger partial charge is 0.351 e. The predicted molar refractivity (Wildman–Crippen MR) is 86.7 cm³/mol. The zero-order valence-electron chi connectivity index (χ0n) is 12.5. The first-order valence-electron chi connectivity index (χ1n) is 7.44. The highest BCUT2D eigenvalue weighted by Gasteiger charge is 2.32. The van der Waals surface area contributed by atoms with E-state index >= 15 is 0 Å². The number of amides is 1. The molecule has 6 heteroatoms. The molecule has 0 radical (unpaired) electrons. The normalized spacial score (nSPS) is 14.1. The Kier molecular flexibility index (Phi) is 4.18. The SMILES string of the molecule is Cc1ccc(-n2ncc(C(=O)NCCN)c2C2CC2)cc1Cl. The third-order valence-corrected chi connectivity index (χ3v) is 4.25. The van der Waals surface area contributed by atoms with Crippen LogP contribution < -0.4 is 11.1 Å². The monoisotopic (exact) mass is 318 g/mol. The molecule has 3 N–H and O–H groups in total. The van der Waals surface area contributed by atoms with Gasteiger partial charge in [-0.15, -0.1) is 0 Å². The van der Waals surface area contributed by atoms with Crippen molar-refractivity contribution in [3.05, 3.63) is 46.2 Å². The van der Waals surface area contributed by atoms with Crippen LogP contribution in [0.1, 0.15) is 40.4 Å². The number of nitrogens with zero attached hydrogens (tertiary/aromatic N) is 2. The van der Waals surface area contributed by atoms with Gasteiger partial charge < -0.3 is 11.1 Å². The fourth-order valence-corrected chi connectivity index (χ4v) is 2.66. The summed E-state index contributed by atoms with van der Waals surface area (Å²) in [7, 11) is 0. The number of carbonyl (C=O) groups excluding carboxylic acids is 1. The average molecular weight is 319 g/mol. The summed E-state index contributed by atoms with van der Waals surface area (Å²) in [5.74, 6) is 0.276. The van der Waals surface area contributed by atoms with Crippen LogP contribution in [0.4, 0.5) is 0 Å². The van der Waals surface area contributed by atoms with E-state index in [9.17, 15) is 4.79 Å². The smallest absolute Gasteiger partial charge is 0.254 e. The van der Waals surface area contributed by atoms with Crippen LogP contribution >= 0.6 is 11.6 Å². The van der Waals surface area contributed by atoms with E-state index < -0.39 is 0 Å². The molecule has 2 aromatic rings. The summed E-state index contributed by atoms with van der Waals surface area (Å²) >= 11 is 6.21. The van der Waals surface area contributed by atoms with Gasteiger partial charge in [0.1, 0.15) is 0 Å². The molecule has 116 valence electrons. The molecule has 22 heavy (non-hydrogen) atoms. The van der Waals surface area contributed by atoms with Crippen molar-refractivity contribution in [1.82, 2.24) is 15.1 Å². The van der Waals surface area contributed by atoms with Crippen molar-refractivity contribution in [2.24, 2.45) is 5.73 Å². The molecule has 3 rings (SSSR count). The van der Waals surface area contributed by atoms with Gasteiger partial charge in [0.15, 0.2) is 0 Å². The maximum atomic E-state index is 12.3.